The molecule has 1 N–H and O–H groups in total. The van der Waals surface area contributed by atoms with Gasteiger partial charge in [0.15, 0.2) is 0 Å². The van der Waals surface area contributed by atoms with Gasteiger partial charge in [-0.3, -0.25) is 14.4 Å². The van der Waals surface area contributed by atoms with Crippen LogP contribution in [-0.2, 0) is 6.54 Å². The predicted octanol–water partition coefficient (Wildman–Crippen LogP) is 3.31. The second-order valence-electron chi connectivity index (χ2n) is 9.63. The first-order valence-corrected chi connectivity index (χ1v) is 11.8. The fourth-order valence-corrected chi connectivity index (χ4v) is 4.96. The summed E-state index contributed by atoms with van der Waals surface area (Å²) in [5.41, 5.74) is 0.465. The van der Waals surface area contributed by atoms with Gasteiger partial charge >= 0.3 is 0 Å². The van der Waals surface area contributed by atoms with Gasteiger partial charge in [-0.2, -0.15) is 0 Å². The second kappa shape index (κ2) is 9.81. The largest absolute Gasteiger partial charge is 0.496 e. The fourth-order valence-electron chi connectivity index (χ4n) is 4.96. The predicted molar refractivity (Wildman–Crippen MR) is 127 cm³/mol. The van der Waals surface area contributed by atoms with E-state index in [4.69, 9.17) is 4.74 Å². The maximum Gasteiger partial charge on any atom is 0.259 e. The highest BCUT2D eigenvalue weighted by Gasteiger charge is 2.41. The van der Waals surface area contributed by atoms with Crippen molar-refractivity contribution in [3.05, 3.63) is 63.6 Å². The van der Waals surface area contributed by atoms with Crippen LogP contribution in [0.1, 0.15) is 65.8 Å². The molecule has 7 nitrogen and oxygen atoms in total. The average molecular weight is 452 g/mol. The zero-order valence-corrected chi connectivity index (χ0v) is 19.7. The molecule has 0 unspecified atom stereocenters. The van der Waals surface area contributed by atoms with Crippen LogP contribution in [0.2, 0.25) is 0 Å². The van der Waals surface area contributed by atoms with Gasteiger partial charge in [0.25, 0.3) is 11.8 Å². The van der Waals surface area contributed by atoms with Crippen LogP contribution < -0.4 is 15.5 Å². The molecule has 2 aliphatic rings. The van der Waals surface area contributed by atoms with E-state index < -0.39 is 11.3 Å². The Kier molecular flexibility index (Phi) is 6.86. The number of fused-ring (bicyclic) bond motifs is 2. The third kappa shape index (κ3) is 4.97. The number of likely N-dealkylation sites (tertiary alicyclic amines) is 1. The first-order valence-electron chi connectivity index (χ1n) is 11.8. The van der Waals surface area contributed by atoms with Gasteiger partial charge in [-0.1, -0.05) is 32.0 Å². The van der Waals surface area contributed by atoms with Crippen LogP contribution in [-0.4, -0.2) is 47.5 Å². The molecular weight excluding hydrogens is 418 g/mol. The van der Waals surface area contributed by atoms with E-state index in [1.54, 1.807) is 24.1 Å². The van der Waals surface area contributed by atoms with Gasteiger partial charge in [0, 0.05) is 37.1 Å². The number of aromatic nitrogens is 1. The minimum atomic E-state index is -0.499. The maximum atomic E-state index is 13.4. The van der Waals surface area contributed by atoms with Crippen molar-refractivity contribution in [1.29, 1.82) is 0 Å². The van der Waals surface area contributed by atoms with Crippen molar-refractivity contribution in [2.75, 3.05) is 20.2 Å². The van der Waals surface area contributed by atoms with Crippen LogP contribution in [0.25, 0.3) is 0 Å². The second-order valence-corrected chi connectivity index (χ2v) is 9.63. The van der Waals surface area contributed by atoms with Crippen molar-refractivity contribution in [2.45, 2.75) is 52.1 Å². The average Bonchev–Trinajstić information content (AvgIpc) is 3.43. The monoisotopic (exact) mass is 451 g/mol. The molecule has 1 aliphatic carbocycles. The Labute approximate surface area is 194 Å². The molecule has 0 radical (unpaired) electrons. The number of amides is 2. The summed E-state index contributed by atoms with van der Waals surface area (Å²) in [6, 6.07) is 7.80. The van der Waals surface area contributed by atoms with Gasteiger partial charge in [0.2, 0.25) is 5.43 Å². The quantitative estimate of drug-likeness (QED) is 0.668. The zero-order valence-electron chi connectivity index (χ0n) is 19.7. The van der Waals surface area contributed by atoms with Crippen molar-refractivity contribution in [2.24, 2.45) is 11.8 Å². The van der Waals surface area contributed by atoms with Crippen molar-refractivity contribution in [3.8, 4) is 5.75 Å². The lowest BCUT2D eigenvalue weighted by Gasteiger charge is -2.27. The minimum Gasteiger partial charge on any atom is -0.496 e. The van der Waals surface area contributed by atoms with Gasteiger partial charge in [-0.05, 0) is 43.6 Å². The molecule has 33 heavy (non-hydrogen) atoms. The van der Waals surface area contributed by atoms with Crippen LogP contribution in [0.3, 0.4) is 0 Å². The Hall–Kier alpha value is -3.09. The van der Waals surface area contributed by atoms with E-state index in [0.717, 1.165) is 31.2 Å². The van der Waals surface area contributed by atoms with Crippen molar-refractivity contribution in [1.82, 2.24) is 14.8 Å². The van der Waals surface area contributed by atoms with E-state index in [1.807, 2.05) is 29.2 Å². The molecule has 1 aromatic carbocycles. The van der Waals surface area contributed by atoms with E-state index in [9.17, 15) is 14.4 Å². The third-order valence-electron chi connectivity index (χ3n) is 6.78. The van der Waals surface area contributed by atoms with E-state index in [1.165, 1.54) is 0 Å². The molecule has 0 spiro atoms. The molecule has 2 amide bonds. The number of rotatable bonds is 8. The smallest absolute Gasteiger partial charge is 0.259 e. The van der Waals surface area contributed by atoms with E-state index in [2.05, 4.69) is 19.2 Å². The molecule has 4 rings (SSSR count). The normalized spacial score (nSPS) is 19.2. The summed E-state index contributed by atoms with van der Waals surface area (Å²) in [6.07, 6.45) is 7.10. The van der Waals surface area contributed by atoms with Gasteiger partial charge in [0.1, 0.15) is 16.9 Å². The number of hydrogen-bond donors (Lipinski definition) is 1. The number of nitrogens with zero attached hydrogens (tertiary/aromatic N) is 2. The molecule has 1 aromatic heterocycles. The number of piperidine rings is 1. The molecule has 2 aromatic rings. The highest BCUT2D eigenvalue weighted by molar-refractivity contribution is 5.99. The Morgan fingerprint density at radius 3 is 2.58 bits per heavy atom. The lowest BCUT2D eigenvalue weighted by molar-refractivity contribution is 0.0701. The van der Waals surface area contributed by atoms with E-state index in [0.29, 0.717) is 37.2 Å². The van der Waals surface area contributed by atoms with Crippen molar-refractivity contribution in [3.63, 3.8) is 0 Å². The molecule has 2 bridgehead atoms. The van der Waals surface area contributed by atoms with Crippen LogP contribution in [0.15, 0.2) is 41.5 Å². The molecular formula is C26H33N3O4. The van der Waals surface area contributed by atoms with Gasteiger partial charge in [0.05, 0.1) is 13.7 Å². The number of para-hydroxylation sites is 1. The SMILES string of the molecule is COc1ccccc1Cn1cc(C(=O)NCCC(C)C)c(=O)c(C(=O)N2C[C@H]3CC[C@@H]2C3)c1. The summed E-state index contributed by atoms with van der Waals surface area (Å²) >= 11 is 0. The van der Waals surface area contributed by atoms with Gasteiger partial charge in [-0.15, -0.1) is 0 Å². The van der Waals surface area contributed by atoms with Crippen molar-refractivity contribution < 1.29 is 14.3 Å². The summed E-state index contributed by atoms with van der Waals surface area (Å²) in [6.45, 7) is 5.71. The third-order valence-corrected chi connectivity index (χ3v) is 6.78. The number of pyridine rings is 1. The number of ether oxygens (including phenoxy) is 1. The number of benzene rings is 1. The maximum absolute atomic E-state index is 13.4. The van der Waals surface area contributed by atoms with E-state index >= 15 is 0 Å². The first-order chi connectivity index (χ1) is 15.9. The lowest BCUT2D eigenvalue weighted by atomic mass is 10.1. The number of methoxy groups -OCH3 is 1. The number of carbonyl (C=O) groups is 2. The summed E-state index contributed by atoms with van der Waals surface area (Å²) in [7, 11) is 1.61. The Balaban J connectivity index is 1.68. The number of hydrogen-bond acceptors (Lipinski definition) is 4. The summed E-state index contributed by atoms with van der Waals surface area (Å²) in [5, 5.41) is 2.85. The van der Waals surface area contributed by atoms with E-state index in [-0.39, 0.29) is 23.1 Å². The van der Waals surface area contributed by atoms with Gasteiger partial charge in [-0.25, -0.2) is 0 Å². The molecule has 7 heteroatoms. The lowest BCUT2D eigenvalue weighted by Crippen LogP contribution is -2.41. The fraction of sp³-hybridized carbons (Fsp3) is 0.500. The van der Waals surface area contributed by atoms with Gasteiger partial charge < -0.3 is 19.5 Å². The highest BCUT2D eigenvalue weighted by atomic mass is 16.5. The van der Waals surface area contributed by atoms with Crippen LogP contribution in [0.5, 0.6) is 5.75 Å². The summed E-state index contributed by atoms with van der Waals surface area (Å²) in [4.78, 5) is 41.5. The molecule has 2 heterocycles. The Morgan fingerprint density at radius 2 is 1.91 bits per heavy atom. The molecule has 1 saturated heterocycles. The van der Waals surface area contributed by atoms with Crippen LogP contribution >= 0.6 is 0 Å². The highest BCUT2D eigenvalue weighted by Crippen LogP contribution is 2.37. The zero-order chi connectivity index (χ0) is 23.5. The van der Waals surface area contributed by atoms with Crippen LogP contribution in [0, 0.1) is 11.8 Å². The summed E-state index contributed by atoms with van der Waals surface area (Å²) in [5.74, 6) is 0.969. The van der Waals surface area contributed by atoms with Crippen LogP contribution in [0.4, 0.5) is 0 Å². The minimum absolute atomic E-state index is 0.00357. The number of nitrogens with one attached hydrogen (secondary N) is 1. The van der Waals surface area contributed by atoms with Crippen molar-refractivity contribution >= 4 is 11.8 Å². The standard InChI is InChI=1S/C26H33N3O4/c1-17(2)10-11-27-25(31)21-15-28(14-19-6-4-5-7-23(19)33-3)16-22(24(21)30)26(32)29-13-18-8-9-20(29)12-18/h4-7,15-18,20H,8-14H2,1-3H3,(H,27,31)/t18-,20+/m0/s1. The topological polar surface area (TPSA) is 80.6 Å². The molecule has 2 fully saturated rings. The Morgan fingerprint density at radius 1 is 1.15 bits per heavy atom. The molecule has 2 atom stereocenters. The number of carbonyl (C=O) groups excluding carboxylic acids is 2. The molecule has 176 valence electrons. The molecule has 1 aliphatic heterocycles. The first kappa shape index (κ1) is 23.1. The molecule has 1 saturated carbocycles. The Bertz CT molecular complexity index is 1090. The summed E-state index contributed by atoms with van der Waals surface area (Å²) < 4.78 is 7.21.